The summed E-state index contributed by atoms with van der Waals surface area (Å²) in [4.78, 5) is 14.1. The number of amides is 2. The molecule has 24 heavy (non-hydrogen) atoms. The second-order valence-corrected chi connectivity index (χ2v) is 6.51. The summed E-state index contributed by atoms with van der Waals surface area (Å²) in [6.07, 6.45) is 10.7. The van der Waals surface area contributed by atoms with E-state index in [9.17, 15) is 4.79 Å². The van der Waals surface area contributed by atoms with Gasteiger partial charge < -0.3 is 10.2 Å². The summed E-state index contributed by atoms with van der Waals surface area (Å²) in [7, 11) is 1.92. The first kappa shape index (κ1) is 16.6. The molecule has 3 rings (SSSR count). The lowest BCUT2D eigenvalue weighted by Crippen LogP contribution is -2.44. The molecule has 0 spiro atoms. The first-order chi connectivity index (χ1) is 11.7. The zero-order valence-corrected chi connectivity index (χ0v) is 14.3. The number of urea groups is 1. The summed E-state index contributed by atoms with van der Waals surface area (Å²) in [5.74, 6) is 0. The Labute approximate surface area is 143 Å². The minimum absolute atomic E-state index is 0.0392. The first-order valence-corrected chi connectivity index (χ1v) is 8.83. The molecule has 1 fully saturated rings. The second-order valence-electron chi connectivity index (χ2n) is 6.51. The molecule has 0 radical (unpaired) electrons. The molecule has 128 valence electrons. The average Bonchev–Trinajstić information content (AvgIpc) is 3.11. The highest BCUT2D eigenvalue weighted by Gasteiger charge is 2.21. The standard InChI is InChI=1S/C19H26N4O/c1-22(17-8-4-2-5-9-17)19(24)20-13-12-16-14-21-23(15-16)18-10-6-3-7-11-18/h3,6-7,10-11,14-15,17H,2,4-5,8-9,12-13H2,1H3,(H,20,24). The third-order valence-corrected chi connectivity index (χ3v) is 4.79. The number of carbonyl (C=O) groups excluding carboxylic acids is 1. The maximum Gasteiger partial charge on any atom is 0.317 e. The van der Waals surface area contributed by atoms with Crippen LogP contribution in [0.1, 0.15) is 37.7 Å². The Hall–Kier alpha value is -2.30. The molecule has 1 aromatic carbocycles. The molecular weight excluding hydrogens is 300 g/mol. The molecule has 1 aromatic heterocycles. The predicted molar refractivity (Wildman–Crippen MR) is 95.3 cm³/mol. The quantitative estimate of drug-likeness (QED) is 0.915. The fourth-order valence-corrected chi connectivity index (χ4v) is 3.28. The van der Waals surface area contributed by atoms with Gasteiger partial charge in [-0.25, -0.2) is 9.48 Å². The third-order valence-electron chi connectivity index (χ3n) is 4.79. The second kappa shape index (κ2) is 7.99. The van der Waals surface area contributed by atoms with E-state index in [0.717, 1.165) is 30.5 Å². The SMILES string of the molecule is CN(C(=O)NCCc1cnn(-c2ccccc2)c1)C1CCCCC1. The van der Waals surface area contributed by atoms with Gasteiger partial charge in [0, 0.05) is 25.8 Å². The van der Waals surface area contributed by atoms with Gasteiger partial charge in [0.1, 0.15) is 0 Å². The number of aromatic nitrogens is 2. The minimum atomic E-state index is 0.0392. The van der Waals surface area contributed by atoms with E-state index in [-0.39, 0.29) is 6.03 Å². The average molecular weight is 326 g/mol. The van der Waals surface area contributed by atoms with Gasteiger partial charge in [-0.15, -0.1) is 0 Å². The zero-order chi connectivity index (χ0) is 16.8. The van der Waals surface area contributed by atoms with Crippen molar-refractivity contribution in [2.45, 2.75) is 44.6 Å². The van der Waals surface area contributed by atoms with Crippen molar-refractivity contribution in [2.24, 2.45) is 0 Å². The number of benzene rings is 1. The lowest BCUT2D eigenvalue weighted by molar-refractivity contribution is 0.174. The summed E-state index contributed by atoms with van der Waals surface area (Å²) in [5, 5.41) is 7.41. The summed E-state index contributed by atoms with van der Waals surface area (Å²) in [6, 6.07) is 10.5. The highest BCUT2D eigenvalue weighted by Crippen LogP contribution is 2.21. The fourth-order valence-electron chi connectivity index (χ4n) is 3.28. The van der Waals surface area contributed by atoms with Gasteiger partial charge in [0.05, 0.1) is 11.9 Å². The van der Waals surface area contributed by atoms with Gasteiger partial charge in [-0.1, -0.05) is 37.5 Å². The number of hydrogen-bond donors (Lipinski definition) is 1. The predicted octanol–water partition coefficient (Wildman–Crippen LogP) is 3.39. The van der Waals surface area contributed by atoms with Crippen LogP contribution in [-0.2, 0) is 6.42 Å². The zero-order valence-electron chi connectivity index (χ0n) is 14.3. The topological polar surface area (TPSA) is 50.2 Å². The van der Waals surface area contributed by atoms with E-state index >= 15 is 0 Å². The fraction of sp³-hybridized carbons (Fsp3) is 0.474. The number of hydrogen-bond acceptors (Lipinski definition) is 2. The van der Waals surface area contributed by atoms with Crippen LogP contribution in [0.2, 0.25) is 0 Å². The molecule has 1 N–H and O–H groups in total. The van der Waals surface area contributed by atoms with Crippen molar-refractivity contribution in [1.29, 1.82) is 0 Å². The summed E-state index contributed by atoms with van der Waals surface area (Å²) >= 11 is 0. The number of rotatable bonds is 5. The Morgan fingerprint density at radius 1 is 1.25 bits per heavy atom. The van der Waals surface area contributed by atoms with Crippen LogP contribution in [0.5, 0.6) is 0 Å². The highest BCUT2D eigenvalue weighted by atomic mass is 16.2. The normalized spacial score (nSPS) is 15.2. The van der Waals surface area contributed by atoms with E-state index in [2.05, 4.69) is 10.4 Å². The van der Waals surface area contributed by atoms with Crippen molar-refractivity contribution in [3.05, 3.63) is 48.3 Å². The van der Waals surface area contributed by atoms with Gasteiger partial charge in [-0.2, -0.15) is 5.10 Å². The lowest BCUT2D eigenvalue weighted by Gasteiger charge is -2.31. The van der Waals surface area contributed by atoms with Crippen LogP contribution in [0.4, 0.5) is 4.79 Å². The van der Waals surface area contributed by atoms with Crippen molar-refractivity contribution in [1.82, 2.24) is 20.0 Å². The maximum atomic E-state index is 12.3. The van der Waals surface area contributed by atoms with Gasteiger partial charge >= 0.3 is 6.03 Å². The lowest BCUT2D eigenvalue weighted by atomic mass is 9.95. The van der Waals surface area contributed by atoms with Crippen LogP contribution < -0.4 is 5.32 Å². The Bertz CT molecular complexity index is 646. The van der Waals surface area contributed by atoms with Gasteiger partial charge in [0.15, 0.2) is 0 Å². The van der Waals surface area contributed by atoms with Gasteiger partial charge in [-0.05, 0) is 37.0 Å². The van der Waals surface area contributed by atoms with Crippen molar-refractivity contribution < 1.29 is 4.79 Å². The molecule has 1 heterocycles. The molecule has 0 unspecified atom stereocenters. The van der Waals surface area contributed by atoms with Crippen LogP contribution in [0.3, 0.4) is 0 Å². The molecule has 0 atom stereocenters. The molecule has 1 saturated carbocycles. The van der Waals surface area contributed by atoms with Crippen LogP contribution in [0.25, 0.3) is 5.69 Å². The highest BCUT2D eigenvalue weighted by molar-refractivity contribution is 5.74. The molecule has 0 saturated heterocycles. The summed E-state index contributed by atoms with van der Waals surface area (Å²) in [6.45, 7) is 0.635. The Kier molecular flexibility index (Phi) is 5.51. The number of nitrogens with one attached hydrogen (secondary N) is 1. The molecule has 0 bridgehead atoms. The van der Waals surface area contributed by atoms with Crippen molar-refractivity contribution >= 4 is 6.03 Å². The van der Waals surface area contributed by atoms with E-state index in [1.807, 2.05) is 59.4 Å². The van der Waals surface area contributed by atoms with Crippen LogP contribution in [0, 0.1) is 0 Å². The van der Waals surface area contributed by atoms with E-state index in [4.69, 9.17) is 0 Å². The monoisotopic (exact) mass is 326 g/mol. The first-order valence-electron chi connectivity index (χ1n) is 8.83. The Morgan fingerprint density at radius 2 is 2.00 bits per heavy atom. The number of para-hydroxylation sites is 1. The number of carbonyl (C=O) groups is 1. The molecule has 0 aliphatic heterocycles. The van der Waals surface area contributed by atoms with Crippen molar-refractivity contribution in [2.75, 3.05) is 13.6 Å². The number of nitrogens with zero attached hydrogens (tertiary/aromatic N) is 3. The maximum absolute atomic E-state index is 12.3. The molecular formula is C19H26N4O. The Morgan fingerprint density at radius 3 is 2.75 bits per heavy atom. The van der Waals surface area contributed by atoms with Gasteiger partial charge in [0.25, 0.3) is 0 Å². The van der Waals surface area contributed by atoms with E-state index in [1.165, 1.54) is 19.3 Å². The molecule has 2 amide bonds. The molecule has 2 aromatic rings. The van der Waals surface area contributed by atoms with E-state index in [0.29, 0.717) is 12.6 Å². The van der Waals surface area contributed by atoms with Gasteiger partial charge in [0.2, 0.25) is 0 Å². The molecule has 5 nitrogen and oxygen atoms in total. The van der Waals surface area contributed by atoms with Crippen LogP contribution in [-0.4, -0.2) is 40.3 Å². The smallest absolute Gasteiger partial charge is 0.317 e. The minimum Gasteiger partial charge on any atom is -0.338 e. The van der Waals surface area contributed by atoms with E-state index < -0.39 is 0 Å². The third kappa shape index (κ3) is 4.16. The summed E-state index contributed by atoms with van der Waals surface area (Å²) < 4.78 is 1.87. The van der Waals surface area contributed by atoms with Crippen molar-refractivity contribution in [3.8, 4) is 5.69 Å². The van der Waals surface area contributed by atoms with E-state index in [1.54, 1.807) is 0 Å². The van der Waals surface area contributed by atoms with Crippen molar-refractivity contribution in [3.63, 3.8) is 0 Å². The molecule has 1 aliphatic rings. The molecule has 5 heteroatoms. The molecule has 1 aliphatic carbocycles. The largest absolute Gasteiger partial charge is 0.338 e. The van der Waals surface area contributed by atoms with Crippen LogP contribution in [0.15, 0.2) is 42.7 Å². The van der Waals surface area contributed by atoms with Crippen LogP contribution >= 0.6 is 0 Å². The van der Waals surface area contributed by atoms with Gasteiger partial charge in [-0.3, -0.25) is 0 Å². The summed E-state index contributed by atoms with van der Waals surface area (Å²) in [5.41, 5.74) is 2.17. The Balaban J connectivity index is 1.46.